The largest absolute Gasteiger partial charge is 0.462 e. The van der Waals surface area contributed by atoms with E-state index in [0.29, 0.717) is 6.54 Å². The van der Waals surface area contributed by atoms with Crippen molar-refractivity contribution in [1.29, 1.82) is 0 Å². The molecule has 0 unspecified atom stereocenters. The highest BCUT2D eigenvalue weighted by atomic mass is 127. The number of nitrogens with zero attached hydrogens (tertiary/aromatic N) is 2. The fourth-order valence-electron chi connectivity index (χ4n) is 1.73. The predicted molar refractivity (Wildman–Crippen MR) is 87.0 cm³/mol. The Bertz CT molecular complexity index is 538. The van der Waals surface area contributed by atoms with E-state index in [1.165, 1.54) is 0 Å². The van der Waals surface area contributed by atoms with Gasteiger partial charge < -0.3 is 15.1 Å². The number of nitrogens with one attached hydrogen (secondary N) is 2. The van der Waals surface area contributed by atoms with Crippen molar-refractivity contribution in [2.24, 2.45) is 4.99 Å². The number of halogens is 1. The number of rotatable bonds is 3. The minimum Gasteiger partial charge on any atom is -0.462 e. The van der Waals surface area contributed by atoms with Crippen LogP contribution in [0.3, 0.4) is 0 Å². The van der Waals surface area contributed by atoms with Gasteiger partial charge in [0.2, 0.25) is 0 Å². The molecular weight excluding hydrogens is 375 g/mol. The van der Waals surface area contributed by atoms with E-state index in [1.54, 1.807) is 17.6 Å². The zero-order valence-corrected chi connectivity index (χ0v) is 13.4. The number of guanidine groups is 1. The van der Waals surface area contributed by atoms with Crippen LogP contribution in [0.5, 0.6) is 0 Å². The van der Waals surface area contributed by atoms with Crippen molar-refractivity contribution in [3.63, 3.8) is 0 Å². The van der Waals surface area contributed by atoms with E-state index in [-0.39, 0.29) is 24.0 Å². The average Bonchev–Trinajstić information content (AvgIpc) is 3.08. The van der Waals surface area contributed by atoms with Gasteiger partial charge in [0.05, 0.1) is 18.5 Å². The molecule has 2 aromatic rings. The summed E-state index contributed by atoms with van der Waals surface area (Å²) >= 11 is 1.59. The summed E-state index contributed by atoms with van der Waals surface area (Å²) < 4.78 is 5.32. The zero-order valence-electron chi connectivity index (χ0n) is 10.3. The first-order valence-electron chi connectivity index (χ1n) is 5.92. The molecule has 0 saturated carbocycles. The molecule has 0 bridgehead atoms. The summed E-state index contributed by atoms with van der Waals surface area (Å²) in [4.78, 5) is 8.87. The first-order valence-corrected chi connectivity index (χ1v) is 6.80. The van der Waals surface area contributed by atoms with Gasteiger partial charge in [0.15, 0.2) is 16.7 Å². The van der Waals surface area contributed by atoms with Crippen molar-refractivity contribution in [2.75, 3.05) is 13.1 Å². The second-order valence-electron chi connectivity index (χ2n) is 3.99. The van der Waals surface area contributed by atoms with Gasteiger partial charge in [0.1, 0.15) is 0 Å². The Hall–Kier alpha value is -1.09. The summed E-state index contributed by atoms with van der Waals surface area (Å²) in [5.41, 5.74) is 1.00. The van der Waals surface area contributed by atoms with Crippen LogP contribution in [0, 0.1) is 0 Å². The van der Waals surface area contributed by atoms with Crippen LogP contribution in [0.2, 0.25) is 0 Å². The number of aliphatic imine (C=N–C) groups is 1. The molecule has 1 aliphatic heterocycles. The summed E-state index contributed by atoms with van der Waals surface area (Å²) in [5.74, 6) is 1.69. The molecule has 2 N–H and O–H groups in total. The second-order valence-corrected chi connectivity index (χ2v) is 4.84. The van der Waals surface area contributed by atoms with Gasteiger partial charge in [0, 0.05) is 18.5 Å². The Kier molecular flexibility index (Phi) is 5.20. The van der Waals surface area contributed by atoms with Gasteiger partial charge in [-0.2, -0.15) is 0 Å². The third-order valence-corrected chi connectivity index (χ3v) is 3.52. The van der Waals surface area contributed by atoms with E-state index in [2.05, 4.69) is 20.6 Å². The van der Waals surface area contributed by atoms with Crippen molar-refractivity contribution in [3.05, 3.63) is 29.5 Å². The summed E-state index contributed by atoms with van der Waals surface area (Å²) in [7, 11) is 0. The maximum Gasteiger partial charge on any atom is 0.191 e. The van der Waals surface area contributed by atoms with Crippen molar-refractivity contribution in [3.8, 4) is 10.8 Å². The van der Waals surface area contributed by atoms with Crippen molar-refractivity contribution in [2.45, 2.75) is 13.0 Å². The smallest absolute Gasteiger partial charge is 0.191 e. The molecule has 3 rings (SSSR count). The Morgan fingerprint density at radius 2 is 2.42 bits per heavy atom. The predicted octanol–water partition coefficient (Wildman–Crippen LogP) is 2.46. The SMILES string of the molecule is I.c1coc(-c2nc(CNC3=NCCCN3)cs2)c1. The number of aromatic nitrogens is 1. The van der Waals surface area contributed by atoms with Gasteiger partial charge in [-0.15, -0.1) is 35.3 Å². The lowest BCUT2D eigenvalue weighted by atomic mass is 10.4. The third kappa shape index (κ3) is 3.69. The Morgan fingerprint density at radius 3 is 3.16 bits per heavy atom. The normalized spacial score (nSPS) is 14.2. The zero-order chi connectivity index (χ0) is 12.2. The fourth-order valence-corrected chi connectivity index (χ4v) is 2.51. The second kappa shape index (κ2) is 6.90. The average molecular weight is 390 g/mol. The highest BCUT2D eigenvalue weighted by Gasteiger charge is 2.08. The van der Waals surface area contributed by atoms with Crippen molar-refractivity contribution in [1.82, 2.24) is 15.6 Å². The van der Waals surface area contributed by atoms with Crippen LogP contribution in [-0.4, -0.2) is 24.0 Å². The minimum absolute atomic E-state index is 0. The molecule has 102 valence electrons. The molecular formula is C12H15IN4OS. The third-order valence-electron chi connectivity index (χ3n) is 2.62. The summed E-state index contributed by atoms with van der Waals surface area (Å²) in [6, 6.07) is 3.79. The van der Waals surface area contributed by atoms with E-state index in [1.807, 2.05) is 17.5 Å². The van der Waals surface area contributed by atoms with Crippen LogP contribution in [0.4, 0.5) is 0 Å². The molecule has 19 heavy (non-hydrogen) atoms. The molecule has 0 atom stereocenters. The number of hydrogen-bond acceptors (Lipinski definition) is 6. The molecule has 5 nitrogen and oxygen atoms in total. The van der Waals surface area contributed by atoms with Crippen LogP contribution in [0.25, 0.3) is 10.8 Å². The van der Waals surface area contributed by atoms with Crippen LogP contribution < -0.4 is 10.6 Å². The lowest BCUT2D eigenvalue weighted by Crippen LogP contribution is -2.40. The monoisotopic (exact) mass is 390 g/mol. The Labute approximate surface area is 132 Å². The van der Waals surface area contributed by atoms with Crippen LogP contribution in [0.15, 0.2) is 33.2 Å². The minimum atomic E-state index is 0. The van der Waals surface area contributed by atoms with Crippen molar-refractivity contribution < 1.29 is 4.42 Å². The van der Waals surface area contributed by atoms with Gasteiger partial charge in [-0.3, -0.25) is 4.99 Å². The van der Waals surface area contributed by atoms with E-state index in [9.17, 15) is 0 Å². The van der Waals surface area contributed by atoms with Gasteiger partial charge in [-0.05, 0) is 18.6 Å². The number of hydrogen-bond donors (Lipinski definition) is 2. The summed E-state index contributed by atoms with van der Waals surface area (Å²) in [5, 5.41) is 9.42. The number of thiazole rings is 1. The molecule has 0 amide bonds. The molecule has 7 heteroatoms. The highest BCUT2D eigenvalue weighted by Crippen LogP contribution is 2.23. The Balaban J connectivity index is 0.00000133. The van der Waals surface area contributed by atoms with Gasteiger partial charge in [-0.25, -0.2) is 4.98 Å². The molecule has 1 aliphatic rings. The molecule has 0 aromatic carbocycles. The fraction of sp³-hybridized carbons (Fsp3) is 0.333. The molecule has 3 heterocycles. The molecule has 0 fully saturated rings. The topological polar surface area (TPSA) is 62.5 Å². The van der Waals surface area contributed by atoms with E-state index in [4.69, 9.17) is 4.42 Å². The number of furan rings is 1. The van der Waals surface area contributed by atoms with Crippen LogP contribution in [-0.2, 0) is 6.54 Å². The van der Waals surface area contributed by atoms with Gasteiger partial charge >= 0.3 is 0 Å². The first-order chi connectivity index (χ1) is 8.92. The van der Waals surface area contributed by atoms with E-state index < -0.39 is 0 Å². The molecule has 2 aromatic heterocycles. The summed E-state index contributed by atoms with van der Waals surface area (Å²) in [6.07, 6.45) is 2.76. The van der Waals surface area contributed by atoms with Crippen LogP contribution >= 0.6 is 35.3 Å². The lowest BCUT2D eigenvalue weighted by Gasteiger charge is -2.15. The standard InChI is InChI=1S/C12H14N4OS.HI/c1-3-10(17-6-1)11-16-9(8-18-11)7-15-12-13-4-2-5-14-12;/h1,3,6,8H,2,4-5,7H2,(H2,13,14,15);1H. The van der Waals surface area contributed by atoms with Gasteiger partial charge in [-0.1, -0.05) is 0 Å². The highest BCUT2D eigenvalue weighted by molar-refractivity contribution is 14.0. The van der Waals surface area contributed by atoms with E-state index >= 15 is 0 Å². The molecule has 0 saturated heterocycles. The molecule has 0 aliphatic carbocycles. The lowest BCUT2D eigenvalue weighted by molar-refractivity contribution is 0.581. The van der Waals surface area contributed by atoms with E-state index in [0.717, 1.165) is 41.9 Å². The van der Waals surface area contributed by atoms with Gasteiger partial charge in [0.25, 0.3) is 0 Å². The Morgan fingerprint density at radius 1 is 1.47 bits per heavy atom. The summed E-state index contributed by atoms with van der Waals surface area (Å²) in [6.45, 7) is 2.56. The first kappa shape index (κ1) is 14.3. The molecule has 0 radical (unpaired) electrons. The van der Waals surface area contributed by atoms with Crippen molar-refractivity contribution >= 4 is 41.3 Å². The maximum atomic E-state index is 5.32. The maximum absolute atomic E-state index is 5.32. The quantitative estimate of drug-likeness (QED) is 0.791. The molecule has 0 spiro atoms. The van der Waals surface area contributed by atoms with Crippen LogP contribution in [0.1, 0.15) is 12.1 Å².